The van der Waals surface area contributed by atoms with E-state index in [4.69, 9.17) is 21.1 Å². The SMILES string of the molecule is CCOC(=O)COc1ccc(C(NS(=O)(=O)c2ccc(Cl)cc2)c2cccnc2)cc1. The third-order valence-corrected chi connectivity index (χ3v) is 5.98. The Morgan fingerprint density at radius 1 is 1.06 bits per heavy atom. The van der Waals surface area contributed by atoms with E-state index in [2.05, 4.69) is 9.71 Å². The molecule has 1 unspecified atom stereocenters. The predicted molar refractivity (Wildman–Crippen MR) is 116 cm³/mol. The number of carbonyl (C=O) groups excluding carboxylic acids is 1. The van der Waals surface area contributed by atoms with Gasteiger partial charge in [-0.05, 0) is 60.5 Å². The molecule has 0 aliphatic heterocycles. The zero-order valence-electron chi connectivity index (χ0n) is 16.7. The second kappa shape index (κ2) is 10.4. The Bertz CT molecular complexity index is 1100. The van der Waals surface area contributed by atoms with Crippen LogP contribution in [0.3, 0.4) is 0 Å². The molecule has 0 fully saturated rings. The van der Waals surface area contributed by atoms with Gasteiger partial charge in [-0.15, -0.1) is 0 Å². The van der Waals surface area contributed by atoms with Crippen molar-refractivity contribution in [3.05, 3.63) is 89.2 Å². The average Bonchev–Trinajstić information content (AvgIpc) is 2.78. The van der Waals surface area contributed by atoms with Crippen LogP contribution in [0.5, 0.6) is 5.75 Å². The Hall–Kier alpha value is -2.94. The van der Waals surface area contributed by atoms with Crippen molar-refractivity contribution in [3.63, 3.8) is 0 Å². The number of halogens is 1. The van der Waals surface area contributed by atoms with E-state index in [1.165, 1.54) is 24.3 Å². The summed E-state index contributed by atoms with van der Waals surface area (Å²) in [6.45, 7) is 1.79. The Morgan fingerprint density at radius 3 is 2.39 bits per heavy atom. The second-order valence-electron chi connectivity index (χ2n) is 6.46. The van der Waals surface area contributed by atoms with Gasteiger partial charge in [0.2, 0.25) is 10.0 Å². The van der Waals surface area contributed by atoms with Gasteiger partial charge in [-0.1, -0.05) is 29.8 Å². The van der Waals surface area contributed by atoms with E-state index in [-0.39, 0.29) is 18.1 Å². The normalized spacial score (nSPS) is 12.2. The van der Waals surface area contributed by atoms with Crippen molar-refractivity contribution in [1.29, 1.82) is 0 Å². The number of hydrogen-bond acceptors (Lipinski definition) is 6. The van der Waals surface area contributed by atoms with E-state index in [1.807, 2.05) is 0 Å². The van der Waals surface area contributed by atoms with Gasteiger partial charge in [0.25, 0.3) is 0 Å². The van der Waals surface area contributed by atoms with Gasteiger partial charge in [0.1, 0.15) is 5.75 Å². The summed E-state index contributed by atoms with van der Waals surface area (Å²) in [6, 6.07) is 15.5. The third-order valence-electron chi connectivity index (χ3n) is 4.29. The van der Waals surface area contributed by atoms with Crippen molar-refractivity contribution < 1.29 is 22.7 Å². The first kappa shape index (κ1) is 22.7. The van der Waals surface area contributed by atoms with Crippen LogP contribution in [-0.4, -0.2) is 32.6 Å². The lowest BCUT2D eigenvalue weighted by Crippen LogP contribution is -2.29. The second-order valence-corrected chi connectivity index (χ2v) is 8.61. The summed E-state index contributed by atoms with van der Waals surface area (Å²) in [5, 5.41) is 0.446. The molecule has 3 rings (SSSR count). The van der Waals surface area contributed by atoms with Gasteiger partial charge in [0.05, 0.1) is 17.5 Å². The maximum absolute atomic E-state index is 13.0. The number of rotatable bonds is 9. The van der Waals surface area contributed by atoms with Crippen LogP contribution in [0.4, 0.5) is 0 Å². The third kappa shape index (κ3) is 6.27. The Morgan fingerprint density at radius 2 is 1.77 bits per heavy atom. The van der Waals surface area contributed by atoms with Crippen LogP contribution in [0, 0.1) is 0 Å². The molecule has 2 aromatic carbocycles. The highest BCUT2D eigenvalue weighted by molar-refractivity contribution is 7.89. The van der Waals surface area contributed by atoms with Gasteiger partial charge in [0.15, 0.2) is 6.61 Å². The number of ether oxygens (including phenoxy) is 2. The molecule has 0 saturated carbocycles. The summed E-state index contributed by atoms with van der Waals surface area (Å²) in [5.41, 5.74) is 1.34. The van der Waals surface area contributed by atoms with Crippen LogP contribution in [0.15, 0.2) is 78.0 Å². The highest BCUT2D eigenvalue weighted by Gasteiger charge is 2.23. The van der Waals surface area contributed by atoms with E-state index < -0.39 is 22.0 Å². The van der Waals surface area contributed by atoms with Gasteiger partial charge in [-0.25, -0.2) is 13.2 Å². The number of nitrogens with zero attached hydrogens (tertiary/aromatic N) is 1. The molecule has 0 saturated heterocycles. The van der Waals surface area contributed by atoms with E-state index in [1.54, 1.807) is 55.7 Å². The topological polar surface area (TPSA) is 94.6 Å². The van der Waals surface area contributed by atoms with Crippen LogP contribution in [0.2, 0.25) is 5.02 Å². The number of aromatic nitrogens is 1. The Balaban J connectivity index is 1.85. The van der Waals surface area contributed by atoms with Gasteiger partial charge < -0.3 is 9.47 Å². The number of hydrogen-bond donors (Lipinski definition) is 1. The molecule has 3 aromatic rings. The van der Waals surface area contributed by atoms with Crippen LogP contribution < -0.4 is 9.46 Å². The van der Waals surface area contributed by atoms with Gasteiger partial charge in [-0.3, -0.25) is 4.98 Å². The fourth-order valence-electron chi connectivity index (χ4n) is 2.81. The van der Waals surface area contributed by atoms with Crippen LogP contribution >= 0.6 is 11.6 Å². The molecule has 1 atom stereocenters. The minimum Gasteiger partial charge on any atom is -0.482 e. The molecule has 0 amide bonds. The van der Waals surface area contributed by atoms with E-state index in [9.17, 15) is 13.2 Å². The molecule has 1 heterocycles. The van der Waals surface area contributed by atoms with E-state index >= 15 is 0 Å². The molecule has 162 valence electrons. The lowest BCUT2D eigenvalue weighted by atomic mass is 10.0. The fraction of sp³-hybridized carbons (Fsp3) is 0.182. The zero-order valence-corrected chi connectivity index (χ0v) is 18.3. The minimum absolute atomic E-state index is 0.0974. The fourth-order valence-corrected chi connectivity index (χ4v) is 4.15. The molecule has 0 bridgehead atoms. The molecular formula is C22H21ClN2O5S. The van der Waals surface area contributed by atoms with Crippen LogP contribution in [0.1, 0.15) is 24.1 Å². The van der Waals surface area contributed by atoms with Crippen molar-refractivity contribution in [3.8, 4) is 5.75 Å². The molecule has 9 heteroatoms. The molecule has 0 radical (unpaired) electrons. The summed E-state index contributed by atoms with van der Waals surface area (Å²) in [4.78, 5) is 15.6. The molecule has 31 heavy (non-hydrogen) atoms. The number of sulfonamides is 1. The van der Waals surface area contributed by atoms with E-state index in [0.717, 1.165) is 0 Å². The highest BCUT2D eigenvalue weighted by atomic mass is 35.5. The molecule has 0 aliphatic carbocycles. The monoisotopic (exact) mass is 460 g/mol. The maximum Gasteiger partial charge on any atom is 0.344 e. The minimum atomic E-state index is -3.84. The number of carbonyl (C=O) groups is 1. The molecular weight excluding hydrogens is 440 g/mol. The summed E-state index contributed by atoms with van der Waals surface area (Å²) in [6.07, 6.45) is 3.21. The molecule has 1 N–H and O–H groups in total. The number of nitrogens with one attached hydrogen (secondary N) is 1. The first-order valence-electron chi connectivity index (χ1n) is 9.45. The number of esters is 1. The maximum atomic E-state index is 13.0. The molecule has 7 nitrogen and oxygen atoms in total. The summed E-state index contributed by atoms with van der Waals surface area (Å²) >= 11 is 5.87. The first-order chi connectivity index (χ1) is 14.9. The summed E-state index contributed by atoms with van der Waals surface area (Å²) in [7, 11) is -3.84. The zero-order chi connectivity index (χ0) is 22.3. The molecule has 0 spiro atoms. The number of benzene rings is 2. The lowest BCUT2D eigenvalue weighted by molar-refractivity contribution is -0.145. The van der Waals surface area contributed by atoms with Crippen LogP contribution in [-0.2, 0) is 19.6 Å². The van der Waals surface area contributed by atoms with Gasteiger partial charge >= 0.3 is 5.97 Å². The summed E-state index contributed by atoms with van der Waals surface area (Å²) in [5.74, 6) is -0.00200. The smallest absolute Gasteiger partial charge is 0.344 e. The van der Waals surface area contributed by atoms with Gasteiger partial charge in [0, 0.05) is 17.4 Å². The standard InChI is InChI=1S/C22H21ClN2O5S/c1-2-29-21(26)15-30-19-9-5-16(6-10-19)22(17-4-3-13-24-14-17)25-31(27,28)20-11-7-18(23)8-12-20/h3-14,22,25H,2,15H2,1H3. The van der Waals surface area contributed by atoms with Crippen molar-refractivity contribution in [2.24, 2.45) is 0 Å². The predicted octanol–water partition coefficient (Wildman–Crippen LogP) is 3.74. The van der Waals surface area contributed by atoms with Gasteiger partial charge in [-0.2, -0.15) is 4.72 Å². The Kier molecular flexibility index (Phi) is 7.62. The van der Waals surface area contributed by atoms with Crippen molar-refractivity contribution in [2.75, 3.05) is 13.2 Å². The van der Waals surface area contributed by atoms with E-state index in [0.29, 0.717) is 21.9 Å². The van der Waals surface area contributed by atoms with Crippen molar-refractivity contribution >= 4 is 27.6 Å². The Labute approximate surface area is 186 Å². The quantitative estimate of drug-likeness (QED) is 0.489. The van der Waals surface area contributed by atoms with Crippen molar-refractivity contribution in [2.45, 2.75) is 17.9 Å². The highest BCUT2D eigenvalue weighted by Crippen LogP contribution is 2.26. The lowest BCUT2D eigenvalue weighted by Gasteiger charge is -2.20. The van der Waals surface area contributed by atoms with Crippen LogP contribution in [0.25, 0.3) is 0 Å². The number of pyridine rings is 1. The summed E-state index contributed by atoms with van der Waals surface area (Å²) < 4.78 is 38.9. The first-order valence-corrected chi connectivity index (χ1v) is 11.3. The largest absolute Gasteiger partial charge is 0.482 e. The molecule has 1 aromatic heterocycles. The molecule has 0 aliphatic rings. The average molecular weight is 461 g/mol. The van der Waals surface area contributed by atoms with Crippen molar-refractivity contribution in [1.82, 2.24) is 9.71 Å².